The number of benzene rings is 3. The van der Waals surface area contributed by atoms with E-state index in [1.807, 2.05) is 80.6 Å². The number of rotatable bonds is 7. The quantitative estimate of drug-likeness (QED) is 0.135. The molecule has 4 atom stereocenters. The molecular formula is C42H50N2O4S. The van der Waals surface area contributed by atoms with Crippen LogP contribution in [0.15, 0.2) is 90.5 Å². The Hall–Kier alpha value is -3.78. The molecule has 3 aromatic carbocycles. The smallest absolute Gasteiger partial charge is 0.317 e. The summed E-state index contributed by atoms with van der Waals surface area (Å²) in [6.07, 6.45) is 6.30. The third kappa shape index (κ3) is 7.54. The lowest BCUT2D eigenvalue weighted by Crippen LogP contribution is -2.55. The summed E-state index contributed by atoms with van der Waals surface area (Å²) in [5.41, 5.74) is 2.92. The van der Waals surface area contributed by atoms with Gasteiger partial charge >= 0.3 is 6.03 Å². The standard InChI is InChI=1S/C42H50N2O4S/c1-28(2)43-40(47)44(26-30-12-6-5-7-13-30)27-42(48)22-20-36-34-19-17-31(23-33(45)18-16-29(3)11-10-21-41(36,42)4)24-35(34)39(46)38-25-32-14-8-9-15-37(32)49-38/h5-9,11-15,17,19,24-25,28,33,36,45,48H,10,16,18,20-23,26-27H2,1-4H3,(H,43,47). The van der Waals surface area contributed by atoms with Gasteiger partial charge in [-0.1, -0.05) is 79.2 Å². The largest absolute Gasteiger partial charge is 0.393 e. The topological polar surface area (TPSA) is 89.9 Å². The Kier molecular flexibility index (Phi) is 10.4. The molecule has 2 bridgehead atoms. The molecule has 4 aromatic rings. The summed E-state index contributed by atoms with van der Waals surface area (Å²) in [4.78, 5) is 30.7. The van der Waals surface area contributed by atoms with Crippen molar-refractivity contribution in [2.24, 2.45) is 5.41 Å². The third-order valence-corrected chi connectivity index (χ3v) is 12.0. The molecule has 1 fully saturated rings. The van der Waals surface area contributed by atoms with Gasteiger partial charge in [0.2, 0.25) is 5.78 Å². The highest BCUT2D eigenvalue weighted by atomic mass is 32.1. The average Bonchev–Trinajstić information content (AvgIpc) is 3.61. The molecule has 0 saturated heterocycles. The van der Waals surface area contributed by atoms with Gasteiger partial charge in [0.1, 0.15) is 0 Å². The molecule has 3 aliphatic carbocycles. The van der Waals surface area contributed by atoms with E-state index >= 15 is 0 Å². The van der Waals surface area contributed by atoms with Crippen molar-refractivity contribution < 1.29 is 19.8 Å². The van der Waals surface area contributed by atoms with Gasteiger partial charge in [0.25, 0.3) is 0 Å². The van der Waals surface area contributed by atoms with Crippen LogP contribution in [-0.2, 0) is 13.0 Å². The summed E-state index contributed by atoms with van der Waals surface area (Å²) >= 11 is 1.51. The zero-order valence-corrected chi connectivity index (χ0v) is 30.1. The molecule has 49 heavy (non-hydrogen) atoms. The van der Waals surface area contributed by atoms with Crippen LogP contribution in [0.4, 0.5) is 4.79 Å². The van der Waals surface area contributed by atoms with Crippen LogP contribution in [0.3, 0.4) is 0 Å². The minimum Gasteiger partial charge on any atom is -0.393 e. The number of carbonyl (C=O) groups is 2. The molecule has 3 aliphatic rings. The number of ketones is 1. The second kappa shape index (κ2) is 14.6. The fourth-order valence-corrected chi connectivity index (χ4v) is 9.10. The van der Waals surface area contributed by atoms with E-state index in [1.165, 1.54) is 16.9 Å². The molecule has 6 nitrogen and oxygen atoms in total. The lowest BCUT2D eigenvalue weighted by molar-refractivity contribution is -0.0781. The number of amides is 2. The number of allylic oxidation sites excluding steroid dienone is 2. The minimum absolute atomic E-state index is 0.0184. The van der Waals surface area contributed by atoms with Crippen molar-refractivity contribution in [1.82, 2.24) is 10.2 Å². The van der Waals surface area contributed by atoms with E-state index in [9.17, 15) is 19.8 Å². The van der Waals surface area contributed by atoms with Crippen molar-refractivity contribution in [2.75, 3.05) is 6.54 Å². The van der Waals surface area contributed by atoms with Crippen LogP contribution in [0.5, 0.6) is 0 Å². The Labute approximate surface area is 294 Å². The number of urea groups is 1. The maximum atomic E-state index is 14.5. The first-order valence-corrected chi connectivity index (χ1v) is 18.6. The fraction of sp³-hybridized carbons (Fsp3) is 0.429. The number of hydrogen-bond donors (Lipinski definition) is 3. The zero-order chi connectivity index (χ0) is 34.8. The van der Waals surface area contributed by atoms with Crippen molar-refractivity contribution in [2.45, 2.75) is 103 Å². The van der Waals surface area contributed by atoms with Crippen molar-refractivity contribution in [3.05, 3.63) is 118 Å². The van der Waals surface area contributed by atoms with Gasteiger partial charge in [0.15, 0.2) is 0 Å². The van der Waals surface area contributed by atoms with Crippen molar-refractivity contribution >= 4 is 33.2 Å². The number of carbonyl (C=O) groups excluding carboxylic acids is 2. The maximum Gasteiger partial charge on any atom is 0.317 e. The Bertz CT molecular complexity index is 1800. The highest BCUT2D eigenvalue weighted by Crippen LogP contribution is 2.59. The summed E-state index contributed by atoms with van der Waals surface area (Å²) in [5, 5.41) is 28.0. The summed E-state index contributed by atoms with van der Waals surface area (Å²) in [6.45, 7) is 8.75. The van der Waals surface area contributed by atoms with Gasteiger partial charge in [-0.3, -0.25) is 4.79 Å². The Morgan fingerprint density at radius 3 is 2.51 bits per heavy atom. The fourth-order valence-electron chi connectivity index (χ4n) is 8.08. The minimum atomic E-state index is -1.20. The predicted octanol–water partition coefficient (Wildman–Crippen LogP) is 8.79. The molecule has 2 amide bonds. The molecule has 3 N–H and O–H groups in total. The van der Waals surface area contributed by atoms with E-state index in [2.05, 4.69) is 37.4 Å². The lowest BCUT2D eigenvalue weighted by Gasteiger charge is -2.46. The molecule has 7 rings (SSSR count). The van der Waals surface area contributed by atoms with Crippen LogP contribution in [0, 0.1) is 5.41 Å². The molecule has 7 heteroatoms. The van der Waals surface area contributed by atoms with Crippen molar-refractivity contribution in [3.8, 4) is 0 Å². The molecule has 258 valence electrons. The lowest BCUT2D eigenvalue weighted by atomic mass is 9.64. The summed E-state index contributed by atoms with van der Waals surface area (Å²) in [6, 6.07) is 25.9. The Balaban J connectivity index is 1.43. The highest BCUT2D eigenvalue weighted by molar-refractivity contribution is 7.21. The molecular weight excluding hydrogens is 629 g/mol. The second-order valence-corrected chi connectivity index (χ2v) is 16.0. The van der Waals surface area contributed by atoms with Gasteiger partial charge in [-0.15, -0.1) is 11.3 Å². The molecule has 1 aromatic heterocycles. The first-order chi connectivity index (χ1) is 23.5. The van der Waals surface area contributed by atoms with Gasteiger partial charge in [0.05, 0.1) is 23.1 Å². The van der Waals surface area contributed by atoms with Gasteiger partial charge in [0, 0.05) is 28.3 Å². The summed E-state index contributed by atoms with van der Waals surface area (Å²) in [7, 11) is 0. The Morgan fingerprint density at radius 1 is 1.00 bits per heavy atom. The highest BCUT2D eigenvalue weighted by Gasteiger charge is 2.57. The number of fused-ring (bicyclic) bond motifs is 9. The van der Waals surface area contributed by atoms with Crippen LogP contribution in [0.25, 0.3) is 10.1 Å². The van der Waals surface area contributed by atoms with Gasteiger partial charge in [-0.25, -0.2) is 4.79 Å². The number of thiophene rings is 1. The van der Waals surface area contributed by atoms with Crippen LogP contribution >= 0.6 is 11.3 Å². The maximum absolute atomic E-state index is 14.5. The monoisotopic (exact) mass is 678 g/mol. The van der Waals surface area contributed by atoms with E-state index in [-0.39, 0.29) is 30.3 Å². The number of aliphatic hydroxyl groups excluding tert-OH is 1. The normalized spacial score (nSPS) is 24.3. The van der Waals surface area contributed by atoms with Crippen molar-refractivity contribution in [1.29, 1.82) is 0 Å². The first-order valence-electron chi connectivity index (χ1n) is 17.8. The Morgan fingerprint density at radius 2 is 1.76 bits per heavy atom. The molecule has 1 saturated carbocycles. The van der Waals surface area contributed by atoms with Gasteiger partial charge in [-0.05, 0) is 112 Å². The molecule has 0 aliphatic heterocycles. The van der Waals surface area contributed by atoms with Crippen LogP contribution in [0.1, 0.15) is 104 Å². The molecule has 0 spiro atoms. The second-order valence-electron chi connectivity index (χ2n) is 14.9. The molecule has 4 unspecified atom stereocenters. The summed E-state index contributed by atoms with van der Waals surface area (Å²) < 4.78 is 1.07. The van der Waals surface area contributed by atoms with E-state index < -0.39 is 17.1 Å². The SMILES string of the molecule is CC1=CCCC2(C)C(CCC2(O)CN(Cc2ccccc2)C(=O)NC(C)C)c2ccc(cc2C(=O)c2cc3ccccc3s2)CC(O)CC1. The number of nitrogens with zero attached hydrogens (tertiary/aromatic N) is 1. The van der Waals surface area contributed by atoms with Crippen LogP contribution in [-0.4, -0.2) is 51.2 Å². The van der Waals surface area contributed by atoms with E-state index in [0.29, 0.717) is 49.1 Å². The number of nitrogens with one attached hydrogen (secondary N) is 1. The number of aliphatic hydroxyl groups is 2. The van der Waals surface area contributed by atoms with Crippen molar-refractivity contribution in [3.63, 3.8) is 0 Å². The predicted molar refractivity (Wildman–Crippen MR) is 199 cm³/mol. The van der Waals surface area contributed by atoms with E-state index in [1.54, 1.807) is 4.90 Å². The van der Waals surface area contributed by atoms with Gasteiger partial charge in [-0.2, -0.15) is 0 Å². The summed E-state index contributed by atoms with van der Waals surface area (Å²) in [5.74, 6) is -0.136. The van der Waals surface area contributed by atoms with Crippen LogP contribution < -0.4 is 5.32 Å². The number of hydrogen-bond acceptors (Lipinski definition) is 5. The first kappa shape index (κ1) is 35.1. The van der Waals surface area contributed by atoms with E-state index in [0.717, 1.165) is 39.6 Å². The van der Waals surface area contributed by atoms with E-state index in [4.69, 9.17) is 0 Å². The van der Waals surface area contributed by atoms with Crippen LogP contribution in [0.2, 0.25) is 0 Å². The average molecular weight is 679 g/mol. The molecule has 1 heterocycles. The van der Waals surface area contributed by atoms with Gasteiger partial charge < -0.3 is 20.4 Å². The third-order valence-electron chi connectivity index (χ3n) is 10.9. The molecule has 0 radical (unpaired) electrons. The zero-order valence-electron chi connectivity index (χ0n) is 29.2.